The summed E-state index contributed by atoms with van der Waals surface area (Å²) in [4.78, 5) is 25.6. The lowest BCUT2D eigenvalue weighted by atomic mass is 10.2. The van der Waals surface area contributed by atoms with Gasteiger partial charge in [0.2, 0.25) is 5.91 Å². The zero-order chi connectivity index (χ0) is 27.2. The Hall–Kier alpha value is -4.72. The van der Waals surface area contributed by atoms with E-state index in [-0.39, 0.29) is 23.8 Å². The van der Waals surface area contributed by atoms with Gasteiger partial charge in [0.25, 0.3) is 0 Å². The molecule has 4 aromatic rings. The van der Waals surface area contributed by atoms with E-state index in [0.717, 1.165) is 11.4 Å². The number of hydrogen-bond donors (Lipinski definition) is 1. The van der Waals surface area contributed by atoms with Crippen LogP contribution in [0.3, 0.4) is 0 Å². The van der Waals surface area contributed by atoms with Gasteiger partial charge in [-0.1, -0.05) is 31.7 Å². The molecule has 6 nitrogen and oxygen atoms in total. The third-order valence-electron chi connectivity index (χ3n) is 5.86. The molecule has 194 valence electrons. The first-order chi connectivity index (χ1) is 18.4. The molecule has 4 rings (SSSR count). The summed E-state index contributed by atoms with van der Waals surface area (Å²) < 4.78 is 35.9. The van der Waals surface area contributed by atoms with Crippen LogP contribution in [0.2, 0.25) is 0 Å². The van der Waals surface area contributed by atoms with Gasteiger partial charge in [-0.15, -0.1) is 0 Å². The highest BCUT2D eigenvalue weighted by Crippen LogP contribution is 2.18. The Kier molecular flexibility index (Phi) is 8.01. The molecule has 8 heteroatoms. The van der Waals surface area contributed by atoms with E-state index in [9.17, 15) is 18.4 Å². The van der Waals surface area contributed by atoms with Crippen molar-refractivity contribution in [2.24, 2.45) is 0 Å². The quantitative estimate of drug-likeness (QED) is 0.349. The van der Waals surface area contributed by atoms with Crippen molar-refractivity contribution < 1.29 is 18.3 Å². The Morgan fingerprint density at radius 3 is 2.39 bits per heavy atom. The molecule has 0 aliphatic carbocycles. The lowest BCUT2D eigenvalue weighted by Gasteiger charge is -2.09. The van der Waals surface area contributed by atoms with Crippen molar-refractivity contribution in [3.8, 4) is 17.1 Å². The topological polar surface area (TPSA) is 65.3 Å². The summed E-state index contributed by atoms with van der Waals surface area (Å²) in [6, 6.07) is 17.2. The monoisotopic (exact) mass is 515 g/mol. The second-order valence-electron chi connectivity index (χ2n) is 8.39. The number of carbonyl (C=O) groups is 1. The predicted molar refractivity (Wildman–Crippen MR) is 145 cm³/mol. The lowest BCUT2D eigenvalue weighted by Crippen LogP contribution is -2.32. The number of imidazole rings is 1. The largest absolute Gasteiger partial charge is 0.489 e. The van der Waals surface area contributed by atoms with E-state index in [4.69, 9.17) is 4.74 Å². The van der Waals surface area contributed by atoms with Crippen LogP contribution in [-0.4, -0.2) is 15.0 Å². The maximum Gasteiger partial charge on any atom is 0.338 e. The van der Waals surface area contributed by atoms with Gasteiger partial charge >= 0.3 is 5.69 Å². The SMILES string of the molecule is C=CC(=O)Nc1cccc(-n2c(=O)n(-c3ccc(OCc4ccc(F)cc4F)cc3)c(=C/C)/c2=C\CC)c1. The molecule has 0 saturated carbocycles. The number of ether oxygens (including phenoxy) is 1. The first kappa shape index (κ1) is 26.3. The number of anilines is 1. The highest BCUT2D eigenvalue weighted by atomic mass is 19.1. The molecule has 0 saturated heterocycles. The van der Waals surface area contributed by atoms with Crippen molar-refractivity contribution in [1.29, 1.82) is 0 Å². The van der Waals surface area contributed by atoms with E-state index in [2.05, 4.69) is 11.9 Å². The van der Waals surface area contributed by atoms with Gasteiger partial charge in [-0.25, -0.2) is 13.6 Å². The summed E-state index contributed by atoms with van der Waals surface area (Å²) in [5, 5.41) is 4.15. The van der Waals surface area contributed by atoms with Gasteiger partial charge in [-0.3, -0.25) is 13.9 Å². The zero-order valence-electron chi connectivity index (χ0n) is 21.1. The third kappa shape index (κ3) is 5.49. The molecule has 0 unspecified atom stereocenters. The minimum absolute atomic E-state index is 0.0654. The van der Waals surface area contributed by atoms with Gasteiger partial charge in [0, 0.05) is 17.3 Å². The molecular weight excluding hydrogens is 488 g/mol. The molecule has 3 aromatic carbocycles. The molecule has 0 aliphatic heterocycles. The van der Waals surface area contributed by atoms with Crippen LogP contribution in [0.5, 0.6) is 5.75 Å². The van der Waals surface area contributed by atoms with Crippen LogP contribution in [0.1, 0.15) is 25.8 Å². The highest BCUT2D eigenvalue weighted by molar-refractivity contribution is 5.99. The van der Waals surface area contributed by atoms with Gasteiger partial charge < -0.3 is 10.1 Å². The molecule has 0 aliphatic rings. The molecule has 0 radical (unpaired) electrons. The number of nitrogens with one attached hydrogen (secondary N) is 1. The number of halogens is 2. The lowest BCUT2D eigenvalue weighted by molar-refractivity contribution is -0.111. The summed E-state index contributed by atoms with van der Waals surface area (Å²) in [7, 11) is 0. The van der Waals surface area contributed by atoms with Crippen molar-refractivity contribution in [3.63, 3.8) is 0 Å². The van der Waals surface area contributed by atoms with Crippen LogP contribution in [0.25, 0.3) is 23.5 Å². The summed E-state index contributed by atoms with van der Waals surface area (Å²) in [6.07, 6.45) is 5.71. The smallest absolute Gasteiger partial charge is 0.338 e. The minimum atomic E-state index is -0.675. The predicted octanol–water partition coefficient (Wildman–Crippen LogP) is 4.60. The Morgan fingerprint density at radius 2 is 1.74 bits per heavy atom. The standard InChI is InChI=1S/C30H27F2N3O3/c1-4-8-28-27(5-2)34(30(37)35(28)24-10-7-9-22(18-24)33-29(36)6-3)23-13-15-25(16-14-23)38-19-20-11-12-21(31)17-26(20)32/h5-18H,3-4,19H2,1-2H3,(H,33,36)/b27-5+,28-8+. The fraction of sp³-hybridized carbons (Fsp3) is 0.133. The molecule has 0 atom stereocenters. The molecule has 1 aromatic heterocycles. The number of nitrogens with zero attached hydrogens (tertiary/aromatic N) is 2. The Labute approximate surface area is 218 Å². The van der Waals surface area contributed by atoms with Gasteiger partial charge in [0.05, 0.1) is 22.1 Å². The van der Waals surface area contributed by atoms with Crippen LogP contribution >= 0.6 is 0 Å². The maximum absolute atomic E-state index is 13.9. The van der Waals surface area contributed by atoms with Crippen molar-refractivity contribution in [2.45, 2.75) is 26.9 Å². The highest BCUT2D eigenvalue weighted by Gasteiger charge is 2.14. The number of benzene rings is 3. The molecule has 1 N–H and O–H groups in total. The Morgan fingerprint density at radius 1 is 1.00 bits per heavy atom. The first-order valence-electron chi connectivity index (χ1n) is 12.1. The summed E-state index contributed by atoms with van der Waals surface area (Å²) in [6.45, 7) is 7.25. The van der Waals surface area contributed by atoms with Gasteiger partial charge in [-0.05, 0) is 74.0 Å². The molecular formula is C30H27F2N3O3. The summed E-state index contributed by atoms with van der Waals surface area (Å²) >= 11 is 0. The van der Waals surface area contributed by atoms with E-state index >= 15 is 0 Å². The van der Waals surface area contributed by atoms with E-state index < -0.39 is 11.6 Å². The average Bonchev–Trinajstić information content (AvgIpc) is 3.19. The third-order valence-corrected chi connectivity index (χ3v) is 5.86. The second kappa shape index (κ2) is 11.6. The van der Waals surface area contributed by atoms with E-state index in [1.807, 2.05) is 26.0 Å². The second-order valence-corrected chi connectivity index (χ2v) is 8.39. The molecule has 1 amide bonds. The van der Waals surface area contributed by atoms with Crippen molar-refractivity contribution in [2.75, 3.05) is 5.32 Å². The van der Waals surface area contributed by atoms with Gasteiger partial charge in [0.15, 0.2) is 0 Å². The fourth-order valence-electron chi connectivity index (χ4n) is 4.11. The minimum Gasteiger partial charge on any atom is -0.489 e. The fourth-order valence-corrected chi connectivity index (χ4v) is 4.11. The summed E-state index contributed by atoms with van der Waals surface area (Å²) in [5.41, 5.74) is 1.70. The average molecular weight is 516 g/mol. The summed E-state index contributed by atoms with van der Waals surface area (Å²) in [5.74, 6) is -1.20. The first-order valence-corrected chi connectivity index (χ1v) is 12.1. The van der Waals surface area contributed by atoms with E-state index in [0.29, 0.717) is 34.6 Å². The number of hydrogen-bond acceptors (Lipinski definition) is 3. The van der Waals surface area contributed by atoms with Crippen molar-refractivity contribution in [3.05, 3.63) is 118 Å². The Balaban J connectivity index is 1.73. The molecule has 0 fully saturated rings. The van der Waals surface area contributed by atoms with Crippen LogP contribution < -0.4 is 26.4 Å². The molecule has 1 heterocycles. The number of rotatable bonds is 8. The zero-order valence-corrected chi connectivity index (χ0v) is 21.1. The number of carbonyl (C=O) groups excluding carboxylic acids is 1. The molecule has 0 bridgehead atoms. The van der Waals surface area contributed by atoms with Crippen LogP contribution in [0.15, 0.2) is 84.2 Å². The Bertz CT molecular complexity index is 1670. The van der Waals surface area contributed by atoms with Gasteiger partial charge in [0.1, 0.15) is 24.0 Å². The van der Waals surface area contributed by atoms with Crippen molar-refractivity contribution >= 4 is 23.7 Å². The van der Waals surface area contributed by atoms with E-state index in [1.165, 1.54) is 18.2 Å². The van der Waals surface area contributed by atoms with Crippen LogP contribution in [0, 0.1) is 11.6 Å². The molecule has 0 spiro atoms. The number of aromatic nitrogens is 2. The van der Waals surface area contributed by atoms with Gasteiger partial charge in [-0.2, -0.15) is 0 Å². The number of amides is 1. The molecule has 38 heavy (non-hydrogen) atoms. The normalized spacial score (nSPS) is 12.0. The van der Waals surface area contributed by atoms with Crippen LogP contribution in [0.4, 0.5) is 14.5 Å². The van der Waals surface area contributed by atoms with Crippen LogP contribution in [-0.2, 0) is 11.4 Å². The van der Waals surface area contributed by atoms with Crippen molar-refractivity contribution in [1.82, 2.24) is 9.13 Å². The maximum atomic E-state index is 13.9. The van der Waals surface area contributed by atoms with E-state index in [1.54, 1.807) is 57.7 Å².